The van der Waals surface area contributed by atoms with E-state index in [1.54, 1.807) is 6.07 Å². The van der Waals surface area contributed by atoms with Gasteiger partial charge >= 0.3 is 0 Å². The summed E-state index contributed by atoms with van der Waals surface area (Å²) >= 11 is 0. The van der Waals surface area contributed by atoms with Crippen LogP contribution in [0.5, 0.6) is 0 Å². The van der Waals surface area contributed by atoms with Gasteiger partial charge in [0, 0.05) is 24.8 Å². The van der Waals surface area contributed by atoms with Crippen LogP contribution in [0.4, 0.5) is 10.1 Å². The third kappa shape index (κ3) is 2.69. The summed E-state index contributed by atoms with van der Waals surface area (Å²) in [6.45, 7) is 7.85. The second-order valence-electron chi connectivity index (χ2n) is 3.66. The molecule has 1 rings (SSSR count). The highest BCUT2D eigenvalue weighted by atomic mass is 19.1. The van der Waals surface area contributed by atoms with E-state index in [4.69, 9.17) is 5.73 Å². The van der Waals surface area contributed by atoms with Gasteiger partial charge in [0.15, 0.2) is 0 Å². The average Bonchev–Trinajstić information content (AvgIpc) is 2.21. The third-order valence-corrected chi connectivity index (χ3v) is 2.58. The van der Waals surface area contributed by atoms with Crippen LogP contribution in [0.25, 0.3) is 0 Å². The van der Waals surface area contributed by atoms with Crippen molar-refractivity contribution < 1.29 is 4.39 Å². The quantitative estimate of drug-likeness (QED) is 0.828. The number of hydrogen-bond donors (Lipinski definition) is 1. The Kier molecular flexibility index (Phi) is 4.09. The molecule has 2 nitrogen and oxygen atoms in total. The summed E-state index contributed by atoms with van der Waals surface area (Å²) in [4.78, 5) is 2.18. The molecule has 0 fully saturated rings. The highest BCUT2D eigenvalue weighted by Gasteiger charge is 2.12. The van der Waals surface area contributed by atoms with Crippen molar-refractivity contribution >= 4 is 5.69 Å². The summed E-state index contributed by atoms with van der Waals surface area (Å²) in [6, 6.07) is 4.68. The van der Waals surface area contributed by atoms with E-state index in [0.29, 0.717) is 0 Å². The van der Waals surface area contributed by atoms with E-state index in [-0.39, 0.29) is 11.9 Å². The highest BCUT2D eigenvalue weighted by Crippen LogP contribution is 2.25. The summed E-state index contributed by atoms with van der Waals surface area (Å²) in [7, 11) is 0. The molecule has 15 heavy (non-hydrogen) atoms. The molecule has 0 unspecified atom stereocenters. The first kappa shape index (κ1) is 12.0. The van der Waals surface area contributed by atoms with E-state index in [2.05, 4.69) is 18.7 Å². The lowest BCUT2D eigenvalue weighted by Crippen LogP contribution is -2.24. The van der Waals surface area contributed by atoms with Crippen LogP contribution in [-0.2, 0) is 0 Å². The standard InChI is InChI=1S/C12H19FN2/c1-4-15(5-2)12-7-6-10(13)8-11(12)9(3)14/h6-9H,4-5,14H2,1-3H3/t9-/m1/s1. The van der Waals surface area contributed by atoms with Crippen molar-refractivity contribution in [3.63, 3.8) is 0 Å². The van der Waals surface area contributed by atoms with Gasteiger partial charge in [0.05, 0.1) is 0 Å². The Bertz CT molecular complexity index is 319. The van der Waals surface area contributed by atoms with Gasteiger partial charge in [-0.05, 0) is 44.5 Å². The van der Waals surface area contributed by atoms with Crippen molar-refractivity contribution in [1.82, 2.24) is 0 Å². The van der Waals surface area contributed by atoms with Gasteiger partial charge in [-0.3, -0.25) is 0 Å². The molecule has 0 spiro atoms. The van der Waals surface area contributed by atoms with Crippen molar-refractivity contribution in [2.24, 2.45) is 5.73 Å². The average molecular weight is 210 g/mol. The Hall–Kier alpha value is -1.09. The monoisotopic (exact) mass is 210 g/mol. The number of nitrogens with two attached hydrogens (primary N) is 1. The summed E-state index contributed by atoms with van der Waals surface area (Å²) < 4.78 is 13.1. The number of rotatable bonds is 4. The van der Waals surface area contributed by atoms with Crippen molar-refractivity contribution in [3.05, 3.63) is 29.6 Å². The van der Waals surface area contributed by atoms with Crippen molar-refractivity contribution in [1.29, 1.82) is 0 Å². The first-order valence-corrected chi connectivity index (χ1v) is 5.40. The Balaban J connectivity index is 3.15. The maximum atomic E-state index is 13.1. The van der Waals surface area contributed by atoms with E-state index >= 15 is 0 Å². The fourth-order valence-electron chi connectivity index (χ4n) is 1.74. The molecule has 0 radical (unpaired) electrons. The van der Waals surface area contributed by atoms with Gasteiger partial charge < -0.3 is 10.6 Å². The van der Waals surface area contributed by atoms with Gasteiger partial charge in [-0.15, -0.1) is 0 Å². The lowest BCUT2D eigenvalue weighted by atomic mass is 10.1. The molecule has 84 valence electrons. The molecule has 0 aliphatic rings. The fourth-order valence-corrected chi connectivity index (χ4v) is 1.74. The van der Waals surface area contributed by atoms with Gasteiger partial charge in [-0.2, -0.15) is 0 Å². The minimum Gasteiger partial charge on any atom is -0.372 e. The number of nitrogens with zero attached hydrogens (tertiary/aromatic N) is 1. The smallest absolute Gasteiger partial charge is 0.123 e. The largest absolute Gasteiger partial charge is 0.372 e. The molecule has 2 N–H and O–H groups in total. The Labute approximate surface area is 90.9 Å². The second-order valence-corrected chi connectivity index (χ2v) is 3.66. The molecular weight excluding hydrogens is 191 g/mol. The van der Waals surface area contributed by atoms with E-state index < -0.39 is 0 Å². The van der Waals surface area contributed by atoms with Gasteiger partial charge in [-0.1, -0.05) is 0 Å². The molecule has 3 heteroatoms. The van der Waals surface area contributed by atoms with Gasteiger partial charge in [0.2, 0.25) is 0 Å². The van der Waals surface area contributed by atoms with Crippen molar-refractivity contribution in [3.8, 4) is 0 Å². The summed E-state index contributed by atoms with van der Waals surface area (Å²) in [6.07, 6.45) is 0. The summed E-state index contributed by atoms with van der Waals surface area (Å²) in [5, 5.41) is 0. The normalized spacial score (nSPS) is 12.6. The van der Waals surface area contributed by atoms with Crippen molar-refractivity contribution in [2.45, 2.75) is 26.8 Å². The molecule has 0 aliphatic heterocycles. The number of benzene rings is 1. The van der Waals surface area contributed by atoms with E-state index in [0.717, 1.165) is 24.3 Å². The van der Waals surface area contributed by atoms with Crippen molar-refractivity contribution in [2.75, 3.05) is 18.0 Å². The van der Waals surface area contributed by atoms with Gasteiger partial charge in [-0.25, -0.2) is 4.39 Å². The first-order chi connectivity index (χ1) is 7.10. The topological polar surface area (TPSA) is 29.3 Å². The van der Waals surface area contributed by atoms with Crippen LogP contribution in [-0.4, -0.2) is 13.1 Å². The van der Waals surface area contributed by atoms with Crippen LogP contribution in [0.2, 0.25) is 0 Å². The lowest BCUT2D eigenvalue weighted by molar-refractivity contribution is 0.621. The number of anilines is 1. The summed E-state index contributed by atoms with van der Waals surface area (Å²) in [5.74, 6) is -0.224. The number of hydrogen-bond acceptors (Lipinski definition) is 2. The molecule has 0 bridgehead atoms. The Morgan fingerprint density at radius 2 is 1.93 bits per heavy atom. The minimum atomic E-state index is -0.224. The molecule has 1 aromatic carbocycles. The molecule has 1 atom stereocenters. The van der Waals surface area contributed by atoms with Gasteiger partial charge in [0.25, 0.3) is 0 Å². The fraction of sp³-hybridized carbons (Fsp3) is 0.500. The van der Waals surface area contributed by atoms with E-state index in [9.17, 15) is 4.39 Å². The molecule has 0 aliphatic carbocycles. The van der Waals surface area contributed by atoms with Crippen LogP contribution in [0, 0.1) is 5.82 Å². The Morgan fingerprint density at radius 3 is 2.40 bits per heavy atom. The summed E-state index contributed by atoms with van der Waals surface area (Å²) in [5.41, 5.74) is 7.75. The van der Waals surface area contributed by atoms with Crippen LogP contribution in [0.1, 0.15) is 32.4 Å². The molecule has 0 saturated carbocycles. The van der Waals surface area contributed by atoms with Crippen LogP contribution >= 0.6 is 0 Å². The zero-order valence-electron chi connectivity index (χ0n) is 9.63. The molecule has 0 heterocycles. The molecule has 0 aromatic heterocycles. The molecule has 1 aromatic rings. The zero-order valence-corrected chi connectivity index (χ0v) is 9.63. The van der Waals surface area contributed by atoms with Crippen LogP contribution < -0.4 is 10.6 Å². The first-order valence-electron chi connectivity index (χ1n) is 5.40. The highest BCUT2D eigenvalue weighted by molar-refractivity contribution is 5.54. The van der Waals surface area contributed by atoms with Crippen LogP contribution in [0.15, 0.2) is 18.2 Å². The predicted molar refractivity (Wildman–Crippen MR) is 62.6 cm³/mol. The third-order valence-electron chi connectivity index (χ3n) is 2.58. The Morgan fingerprint density at radius 1 is 1.33 bits per heavy atom. The van der Waals surface area contributed by atoms with Crippen LogP contribution in [0.3, 0.4) is 0 Å². The van der Waals surface area contributed by atoms with Gasteiger partial charge in [0.1, 0.15) is 5.82 Å². The van der Waals surface area contributed by atoms with E-state index in [1.807, 2.05) is 6.92 Å². The predicted octanol–water partition coefficient (Wildman–Crippen LogP) is 2.69. The lowest BCUT2D eigenvalue weighted by Gasteiger charge is -2.25. The molecule has 0 amide bonds. The second kappa shape index (κ2) is 5.12. The maximum absolute atomic E-state index is 13.1. The number of halogens is 1. The minimum absolute atomic E-state index is 0.142. The zero-order chi connectivity index (χ0) is 11.4. The SMILES string of the molecule is CCN(CC)c1ccc(F)cc1[C@@H](C)N. The maximum Gasteiger partial charge on any atom is 0.123 e. The molecule has 0 saturated heterocycles. The molecular formula is C12H19FN2. The van der Waals surface area contributed by atoms with E-state index in [1.165, 1.54) is 12.1 Å².